The van der Waals surface area contributed by atoms with Gasteiger partial charge in [0.1, 0.15) is 11.6 Å². The van der Waals surface area contributed by atoms with E-state index in [-0.39, 0.29) is 33.8 Å². The van der Waals surface area contributed by atoms with Crippen LogP contribution >= 0.6 is 0 Å². The third-order valence-corrected chi connectivity index (χ3v) is 9.52. The van der Waals surface area contributed by atoms with Crippen molar-refractivity contribution >= 4 is 26.6 Å². The highest BCUT2D eigenvalue weighted by molar-refractivity contribution is 7.90. The molecule has 1 aromatic heterocycles. The first-order chi connectivity index (χ1) is 18.0. The molecule has 0 aliphatic carbocycles. The van der Waals surface area contributed by atoms with Gasteiger partial charge in [0.05, 0.1) is 27.0 Å². The van der Waals surface area contributed by atoms with Gasteiger partial charge in [-0.15, -0.1) is 0 Å². The zero-order valence-corrected chi connectivity index (χ0v) is 24.3. The summed E-state index contributed by atoms with van der Waals surface area (Å²) in [6.45, 7) is 8.62. The highest BCUT2D eigenvalue weighted by Crippen LogP contribution is 2.33. The molecule has 210 valence electrons. The number of nitrogens with zero attached hydrogens (tertiary/aromatic N) is 1. The van der Waals surface area contributed by atoms with Gasteiger partial charge in [-0.3, -0.25) is 9.59 Å². The minimum atomic E-state index is -3.44. The van der Waals surface area contributed by atoms with Crippen LogP contribution in [-0.2, 0) is 33.6 Å². The minimum absolute atomic E-state index is 0.0298. The van der Waals surface area contributed by atoms with Crippen LogP contribution < -0.4 is 10.3 Å². The number of pyridine rings is 1. The summed E-state index contributed by atoms with van der Waals surface area (Å²) >= 11 is 0. The number of sulfone groups is 1. The number of hydrogen-bond donors (Lipinski definition) is 1. The molecule has 0 saturated carbocycles. The van der Waals surface area contributed by atoms with E-state index in [0.29, 0.717) is 22.8 Å². The van der Waals surface area contributed by atoms with Crippen molar-refractivity contribution < 1.29 is 26.2 Å². The molecular weight excluding hydrogens is 546 g/mol. The van der Waals surface area contributed by atoms with Crippen LogP contribution in [0.1, 0.15) is 67.7 Å². The Bertz CT molecular complexity index is 1610. The van der Waals surface area contributed by atoms with Crippen molar-refractivity contribution in [3.8, 4) is 11.1 Å². The minimum Gasteiger partial charge on any atom is -0.318 e. The number of carbonyl (C=O) groups excluding carboxylic acids is 1. The summed E-state index contributed by atoms with van der Waals surface area (Å²) < 4.78 is 69.4. The highest BCUT2D eigenvalue weighted by atomic mass is 32.2. The molecule has 0 radical (unpaired) electrons. The number of halogens is 2. The number of rotatable bonds is 9. The van der Waals surface area contributed by atoms with E-state index in [1.807, 2.05) is 0 Å². The third-order valence-electron chi connectivity index (χ3n) is 6.19. The van der Waals surface area contributed by atoms with Crippen LogP contribution in [0.5, 0.6) is 0 Å². The fraction of sp³-hybridized carbons (Fsp3) is 0.357. The Labute approximate surface area is 229 Å². The van der Waals surface area contributed by atoms with E-state index in [4.69, 9.17) is 0 Å². The molecule has 3 rings (SSSR count). The molecule has 7 nitrogen and oxygen atoms in total. The second-order valence-corrected chi connectivity index (χ2v) is 14.7. The van der Waals surface area contributed by atoms with Crippen molar-refractivity contribution in [2.24, 2.45) is 7.05 Å². The van der Waals surface area contributed by atoms with E-state index in [0.717, 1.165) is 12.1 Å². The SMILES string of the molecule is CCS(=O)(=O)Cc1ccc(C(=O)c2ccc(F)cc2F)c(-c2cn(C)c(=O)cc2[C@H](C)N[S@](=O)C(C)(C)C)c1. The largest absolute Gasteiger partial charge is 0.318 e. The number of carbonyl (C=O) groups is 1. The zero-order valence-electron chi connectivity index (χ0n) is 22.7. The molecule has 0 saturated heterocycles. The summed E-state index contributed by atoms with van der Waals surface area (Å²) in [6, 6.07) is 7.77. The Hall–Kier alpha value is -3.02. The van der Waals surface area contributed by atoms with E-state index >= 15 is 0 Å². The van der Waals surface area contributed by atoms with Crippen LogP contribution in [0.15, 0.2) is 53.5 Å². The van der Waals surface area contributed by atoms with Gasteiger partial charge >= 0.3 is 0 Å². The van der Waals surface area contributed by atoms with Crippen LogP contribution in [0.25, 0.3) is 11.1 Å². The summed E-state index contributed by atoms with van der Waals surface area (Å²) in [4.78, 5) is 26.2. The molecule has 0 fully saturated rings. The Kier molecular flexibility index (Phi) is 9.09. The average Bonchev–Trinajstić information content (AvgIpc) is 2.84. The van der Waals surface area contributed by atoms with E-state index in [1.54, 1.807) is 27.7 Å². The first-order valence-electron chi connectivity index (χ1n) is 12.3. The van der Waals surface area contributed by atoms with Crippen molar-refractivity contribution in [3.63, 3.8) is 0 Å². The molecule has 11 heteroatoms. The second-order valence-electron chi connectivity index (χ2n) is 10.3. The Morgan fingerprint density at radius 2 is 1.69 bits per heavy atom. The molecule has 0 bridgehead atoms. The maximum atomic E-state index is 14.6. The smallest absolute Gasteiger partial charge is 0.250 e. The van der Waals surface area contributed by atoms with Gasteiger partial charge in [-0.05, 0) is 62.6 Å². The number of benzene rings is 2. The number of ketones is 1. The molecule has 1 heterocycles. The van der Waals surface area contributed by atoms with Crippen molar-refractivity contribution in [3.05, 3.63) is 92.9 Å². The molecule has 2 aromatic carbocycles. The average molecular weight is 579 g/mol. The maximum Gasteiger partial charge on any atom is 0.250 e. The lowest BCUT2D eigenvalue weighted by Crippen LogP contribution is -2.35. The lowest BCUT2D eigenvalue weighted by molar-refractivity contribution is 0.103. The Morgan fingerprint density at radius 1 is 1.05 bits per heavy atom. The molecule has 0 aliphatic heterocycles. The fourth-order valence-corrected chi connectivity index (χ4v) is 5.60. The first-order valence-corrected chi connectivity index (χ1v) is 15.2. The van der Waals surface area contributed by atoms with Gasteiger partial charge < -0.3 is 4.57 Å². The van der Waals surface area contributed by atoms with Gasteiger partial charge in [0.2, 0.25) is 0 Å². The van der Waals surface area contributed by atoms with Gasteiger partial charge in [-0.1, -0.05) is 19.1 Å². The zero-order chi connectivity index (χ0) is 29.3. The summed E-state index contributed by atoms with van der Waals surface area (Å²) in [5.41, 5.74) is 0.769. The van der Waals surface area contributed by atoms with Gasteiger partial charge in [0.25, 0.3) is 5.56 Å². The van der Waals surface area contributed by atoms with E-state index in [1.165, 1.54) is 49.0 Å². The summed E-state index contributed by atoms with van der Waals surface area (Å²) in [5, 5.41) is 0. The van der Waals surface area contributed by atoms with Gasteiger partial charge in [-0.2, -0.15) is 0 Å². The summed E-state index contributed by atoms with van der Waals surface area (Å²) in [5.74, 6) is -3.00. The van der Waals surface area contributed by atoms with Crippen LogP contribution in [0, 0.1) is 11.6 Å². The van der Waals surface area contributed by atoms with E-state index < -0.39 is 49.0 Å². The number of nitrogens with one attached hydrogen (secondary N) is 1. The molecule has 3 aromatic rings. The monoisotopic (exact) mass is 578 g/mol. The first kappa shape index (κ1) is 30.5. The lowest BCUT2D eigenvalue weighted by Gasteiger charge is -2.24. The molecule has 2 atom stereocenters. The number of hydrogen-bond acceptors (Lipinski definition) is 5. The predicted octanol–water partition coefficient (Wildman–Crippen LogP) is 4.61. The van der Waals surface area contributed by atoms with Gasteiger partial charge in [0.15, 0.2) is 15.6 Å². The Morgan fingerprint density at radius 3 is 2.28 bits per heavy atom. The van der Waals surface area contributed by atoms with Crippen LogP contribution in [0.4, 0.5) is 8.78 Å². The number of aromatic nitrogens is 1. The Balaban J connectivity index is 2.30. The summed E-state index contributed by atoms with van der Waals surface area (Å²) in [7, 11) is -3.42. The molecular formula is C28H32F2N2O5S2. The normalized spacial score (nSPS) is 13.7. The van der Waals surface area contributed by atoms with Crippen LogP contribution in [-0.4, -0.2) is 33.5 Å². The van der Waals surface area contributed by atoms with Crippen molar-refractivity contribution in [1.29, 1.82) is 0 Å². The fourth-order valence-electron chi connectivity index (χ4n) is 3.91. The van der Waals surface area contributed by atoms with Crippen molar-refractivity contribution in [2.45, 2.75) is 51.2 Å². The van der Waals surface area contributed by atoms with Gasteiger partial charge in [0, 0.05) is 48.3 Å². The predicted molar refractivity (Wildman–Crippen MR) is 150 cm³/mol. The molecule has 0 spiro atoms. The summed E-state index contributed by atoms with van der Waals surface area (Å²) in [6.07, 6.45) is 1.50. The topological polar surface area (TPSA) is 102 Å². The molecule has 39 heavy (non-hydrogen) atoms. The molecule has 0 unspecified atom stereocenters. The molecule has 0 amide bonds. The standard InChI is InChI=1S/C28H32F2N2O5S2/c1-7-39(36,37)16-18-8-10-20(27(34)21-11-9-19(29)13-25(21)30)23(12-18)24-15-32(6)26(33)14-22(24)17(2)31-38(35)28(3,4)5/h8-15,17,31H,7,16H2,1-6H3/t17-,38+/m0/s1. The van der Waals surface area contributed by atoms with E-state index in [2.05, 4.69) is 4.72 Å². The van der Waals surface area contributed by atoms with Crippen LogP contribution in [0.2, 0.25) is 0 Å². The molecule has 1 N–H and O–H groups in total. The maximum absolute atomic E-state index is 14.6. The van der Waals surface area contributed by atoms with Crippen LogP contribution in [0.3, 0.4) is 0 Å². The lowest BCUT2D eigenvalue weighted by atomic mass is 9.89. The molecule has 0 aliphatic rings. The van der Waals surface area contributed by atoms with Crippen molar-refractivity contribution in [2.75, 3.05) is 5.75 Å². The van der Waals surface area contributed by atoms with Gasteiger partial charge in [-0.25, -0.2) is 26.1 Å². The highest BCUT2D eigenvalue weighted by Gasteiger charge is 2.26. The van der Waals surface area contributed by atoms with E-state index in [9.17, 15) is 31.0 Å². The van der Waals surface area contributed by atoms with Crippen molar-refractivity contribution in [1.82, 2.24) is 9.29 Å². The quantitative estimate of drug-likeness (QED) is 0.374. The number of aryl methyl sites for hydroxylation is 1. The third kappa shape index (κ3) is 7.14. The second kappa shape index (κ2) is 11.6.